The minimum atomic E-state index is -0.971. The van der Waals surface area contributed by atoms with Crippen LogP contribution in [0.1, 0.15) is 21.8 Å². The first-order chi connectivity index (χ1) is 11.1. The lowest BCUT2D eigenvalue weighted by Gasteiger charge is -2.14. The Morgan fingerprint density at radius 1 is 1.17 bits per heavy atom. The van der Waals surface area contributed by atoms with Crippen LogP contribution in [-0.4, -0.2) is 33.7 Å². The van der Waals surface area contributed by atoms with Crippen molar-refractivity contribution in [1.82, 2.24) is 15.5 Å². The molecular formula is C17H15N3O3. The van der Waals surface area contributed by atoms with Crippen molar-refractivity contribution in [3.8, 4) is 0 Å². The minimum absolute atomic E-state index is 0.0294. The van der Waals surface area contributed by atoms with Gasteiger partial charge in [-0.05, 0) is 23.8 Å². The normalized spacial score (nSPS) is 12.0. The zero-order chi connectivity index (χ0) is 16.2. The van der Waals surface area contributed by atoms with Crippen LogP contribution in [0.15, 0.2) is 54.7 Å². The van der Waals surface area contributed by atoms with Crippen molar-refractivity contribution in [1.29, 1.82) is 0 Å². The standard InChI is InChI=1S/C17H15N3O3/c21-16(12-6-7-15-13(8-12)9-19-20-15)18-10-14(17(22)23)11-4-2-1-3-5-11/h1-9,14H,10H2,(H,18,21)(H,19,20)(H,22,23). The van der Waals surface area contributed by atoms with E-state index < -0.39 is 11.9 Å². The Morgan fingerprint density at radius 3 is 2.70 bits per heavy atom. The summed E-state index contributed by atoms with van der Waals surface area (Å²) in [5.74, 6) is -2.06. The molecule has 3 aromatic rings. The lowest BCUT2D eigenvalue weighted by molar-refractivity contribution is -0.138. The van der Waals surface area contributed by atoms with Gasteiger partial charge in [-0.15, -0.1) is 0 Å². The fraction of sp³-hybridized carbons (Fsp3) is 0.118. The first kappa shape index (κ1) is 14.8. The van der Waals surface area contributed by atoms with Crippen molar-refractivity contribution < 1.29 is 14.7 Å². The monoisotopic (exact) mass is 309 g/mol. The molecule has 23 heavy (non-hydrogen) atoms. The summed E-state index contributed by atoms with van der Waals surface area (Å²) < 4.78 is 0. The van der Waals surface area contributed by atoms with Crippen LogP contribution in [0.4, 0.5) is 0 Å². The van der Waals surface area contributed by atoms with E-state index in [1.165, 1.54) is 0 Å². The molecule has 1 amide bonds. The number of aromatic amines is 1. The van der Waals surface area contributed by atoms with E-state index in [1.807, 2.05) is 6.07 Å². The Kier molecular flexibility index (Phi) is 4.05. The number of carboxylic acids is 1. The Bertz CT molecular complexity index is 842. The molecule has 1 heterocycles. The second-order valence-corrected chi connectivity index (χ2v) is 5.18. The van der Waals surface area contributed by atoms with E-state index >= 15 is 0 Å². The van der Waals surface area contributed by atoms with Gasteiger partial charge in [0.05, 0.1) is 17.6 Å². The van der Waals surface area contributed by atoms with Crippen molar-refractivity contribution in [3.05, 3.63) is 65.9 Å². The van der Waals surface area contributed by atoms with Crippen molar-refractivity contribution in [3.63, 3.8) is 0 Å². The molecule has 1 atom stereocenters. The van der Waals surface area contributed by atoms with Crippen LogP contribution in [0.2, 0.25) is 0 Å². The predicted octanol–water partition coefficient (Wildman–Crippen LogP) is 2.16. The summed E-state index contributed by atoms with van der Waals surface area (Å²) in [6, 6.07) is 14.0. The summed E-state index contributed by atoms with van der Waals surface area (Å²) >= 11 is 0. The molecule has 0 saturated heterocycles. The number of carbonyl (C=O) groups is 2. The summed E-state index contributed by atoms with van der Waals surface area (Å²) in [6.45, 7) is 0.0294. The van der Waals surface area contributed by atoms with E-state index in [-0.39, 0.29) is 12.5 Å². The fourth-order valence-corrected chi connectivity index (χ4v) is 2.41. The molecule has 0 fully saturated rings. The highest BCUT2D eigenvalue weighted by atomic mass is 16.4. The van der Waals surface area contributed by atoms with Crippen molar-refractivity contribution in [2.24, 2.45) is 0 Å². The van der Waals surface area contributed by atoms with Crippen molar-refractivity contribution >= 4 is 22.8 Å². The third-order valence-corrected chi connectivity index (χ3v) is 3.67. The zero-order valence-electron chi connectivity index (χ0n) is 12.2. The number of amides is 1. The molecule has 3 rings (SSSR count). The Balaban J connectivity index is 1.72. The summed E-state index contributed by atoms with van der Waals surface area (Å²) in [6.07, 6.45) is 1.64. The SMILES string of the molecule is O=C(NCC(C(=O)O)c1ccccc1)c1ccc2[nH]ncc2c1. The highest BCUT2D eigenvalue weighted by Gasteiger charge is 2.20. The highest BCUT2D eigenvalue weighted by molar-refractivity contribution is 5.98. The Labute approximate surface area is 132 Å². The average molecular weight is 309 g/mol. The number of aliphatic carboxylic acids is 1. The van der Waals surface area contributed by atoms with Gasteiger partial charge in [-0.25, -0.2) is 0 Å². The molecule has 6 heteroatoms. The Hall–Kier alpha value is -3.15. The van der Waals surface area contributed by atoms with Crippen LogP contribution in [-0.2, 0) is 4.79 Å². The van der Waals surface area contributed by atoms with E-state index in [1.54, 1.807) is 48.7 Å². The quantitative estimate of drug-likeness (QED) is 0.673. The van der Waals surface area contributed by atoms with Crippen LogP contribution >= 0.6 is 0 Å². The number of aromatic nitrogens is 2. The number of hydrogen-bond acceptors (Lipinski definition) is 3. The molecule has 0 spiro atoms. The number of H-pyrrole nitrogens is 1. The van der Waals surface area contributed by atoms with E-state index in [4.69, 9.17) is 0 Å². The number of carbonyl (C=O) groups excluding carboxylic acids is 1. The molecule has 0 aliphatic carbocycles. The second-order valence-electron chi connectivity index (χ2n) is 5.18. The number of carboxylic acid groups (broad SMARTS) is 1. The van der Waals surface area contributed by atoms with Gasteiger partial charge < -0.3 is 10.4 Å². The van der Waals surface area contributed by atoms with Gasteiger partial charge in [0.15, 0.2) is 0 Å². The predicted molar refractivity (Wildman–Crippen MR) is 85.2 cm³/mol. The number of nitrogens with one attached hydrogen (secondary N) is 2. The summed E-state index contributed by atoms with van der Waals surface area (Å²) in [4.78, 5) is 23.7. The van der Waals surface area contributed by atoms with Gasteiger partial charge in [0.1, 0.15) is 0 Å². The lowest BCUT2D eigenvalue weighted by atomic mass is 9.99. The molecule has 0 radical (unpaired) electrons. The molecule has 1 aromatic heterocycles. The van der Waals surface area contributed by atoms with Gasteiger partial charge in [0, 0.05) is 17.5 Å². The van der Waals surface area contributed by atoms with Gasteiger partial charge in [-0.1, -0.05) is 30.3 Å². The molecule has 2 aromatic carbocycles. The van der Waals surface area contributed by atoms with Crippen LogP contribution < -0.4 is 5.32 Å². The average Bonchev–Trinajstić information content (AvgIpc) is 3.03. The molecule has 0 aliphatic rings. The first-order valence-electron chi connectivity index (χ1n) is 7.14. The summed E-state index contributed by atoms with van der Waals surface area (Å²) in [7, 11) is 0. The summed E-state index contributed by atoms with van der Waals surface area (Å²) in [5.41, 5.74) is 1.97. The number of benzene rings is 2. The van der Waals surface area contributed by atoms with Gasteiger partial charge >= 0.3 is 5.97 Å². The second kappa shape index (κ2) is 6.31. The van der Waals surface area contributed by atoms with Crippen LogP contribution in [0.3, 0.4) is 0 Å². The molecule has 116 valence electrons. The minimum Gasteiger partial charge on any atom is -0.481 e. The number of fused-ring (bicyclic) bond motifs is 1. The van der Waals surface area contributed by atoms with Gasteiger partial charge in [-0.2, -0.15) is 5.10 Å². The molecule has 0 aliphatic heterocycles. The fourth-order valence-electron chi connectivity index (χ4n) is 2.41. The van der Waals surface area contributed by atoms with Gasteiger partial charge in [0.2, 0.25) is 0 Å². The van der Waals surface area contributed by atoms with Crippen LogP contribution in [0, 0.1) is 0 Å². The maximum atomic E-state index is 12.2. The number of nitrogens with zero attached hydrogens (tertiary/aromatic N) is 1. The maximum absolute atomic E-state index is 12.2. The highest BCUT2D eigenvalue weighted by Crippen LogP contribution is 2.16. The van der Waals surface area contributed by atoms with Crippen molar-refractivity contribution in [2.45, 2.75) is 5.92 Å². The topological polar surface area (TPSA) is 95.1 Å². The molecule has 0 bridgehead atoms. The van der Waals surface area contributed by atoms with E-state index in [0.717, 1.165) is 10.9 Å². The zero-order valence-corrected chi connectivity index (χ0v) is 12.2. The van der Waals surface area contributed by atoms with E-state index in [9.17, 15) is 14.7 Å². The Morgan fingerprint density at radius 2 is 1.96 bits per heavy atom. The number of hydrogen-bond donors (Lipinski definition) is 3. The first-order valence-corrected chi connectivity index (χ1v) is 7.14. The van der Waals surface area contributed by atoms with E-state index in [0.29, 0.717) is 11.1 Å². The van der Waals surface area contributed by atoms with Crippen LogP contribution in [0.5, 0.6) is 0 Å². The maximum Gasteiger partial charge on any atom is 0.312 e. The smallest absolute Gasteiger partial charge is 0.312 e. The molecule has 0 saturated carbocycles. The van der Waals surface area contributed by atoms with Gasteiger partial charge in [-0.3, -0.25) is 14.7 Å². The summed E-state index contributed by atoms with van der Waals surface area (Å²) in [5, 5.41) is 19.6. The molecule has 1 unspecified atom stereocenters. The number of rotatable bonds is 5. The van der Waals surface area contributed by atoms with Crippen LogP contribution in [0.25, 0.3) is 10.9 Å². The third-order valence-electron chi connectivity index (χ3n) is 3.67. The van der Waals surface area contributed by atoms with Gasteiger partial charge in [0.25, 0.3) is 5.91 Å². The van der Waals surface area contributed by atoms with E-state index in [2.05, 4.69) is 15.5 Å². The third kappa shape index (κ3) is 3.21. The lowest BCUT2D eigenvalue weighted by Crippen LogP contribution is -2.31. The van der Waals surface area contributed by atoms with Crippen molar-refractivity contribution in [2.75, 3.05) is 6.54 Å². The largest absolute Gasteiger partial charge is 0.481 e. The molecular weight excluding hydrogens is 294 g/mol. The molecule has 6 nitrogen and oxygen atoms in total. The molecule has 3 N–H and O–H groups in total.